The second-order valence-electron chi connectivity index (χ2n) is 5.57. The standard InChI is InChI=1S/C15H20O4/c1-10-12(16-9-11-7-5-4-6-8-11)13-14(17-10)19-15(2,3)18-13/h4-8,10,12-14H,9H2,1-3H3/t10-,12+,13-,14-/m1/s1. The normalized spacial score (nSPS) is 36.4. The highest BCUT2D eigenvalue weighted by atomic mass is 16.8. The smallest absolute Gasteiger partial charge is 0.190 e. The van der Waals surface area contributed by atoms with E-state index in [9.17, 15) is 0 Å². The first kappa shape index (κ1) is 13.1. The van der Waals surface area contributed by atoms with Gasteiger partial charge in [0.25, 0.3) is 0 Å². The van der Waals surface area contributed by atoms with Crippen molar-refractivity contribution in [1.82, 2.24) is 0 Å². The molecule has 2 saturated heterocycles. The molecule has 0 amide bonds. The Bertz CT molecular complexity index is 431. The number of benzene rings is 1. The van der Waals surface area contributed by atoms with Gasteiger partial charge in [0.2, 0.25) is 0 Å². The van der Waals surface area contributed by atoms with E-state index in [2.05, 4.69) is 0 Å². The van der Waals surface area contributed by atoms with Crippen LogP contribution in [0.3, 0.4) is 0 Å². The summed E-state index contributed by atoms with van der Waals surface area (Å²) in [7, 11) is 0. The van der Waals surface area contributed by atoms with E-state index in [4.69, 9.17) is 18.9 Å². The number of hydrogen-bond acceptors (Lipinski definition) is 4. The van der Waals surface area contributed by atoms with Crippen LogP contribution < -0.4 is 0 Å². The average molecular weight is 264 g/mol. The molecule has 0 aromatic heterocycles. The highest BCUT2D eigenvalue weighted by molar-refractivity contribution is 5.13. The highest BCUT2D eigenvalue weighted by Gasteiger charge is 2.54. The molecule has 0 aliphatic carbocycles. The van der Waals surface area contributed by atoms with Crippen LogP contribution in [0.25, 0.3) is 0 Å². The van der Waals surface area contributed by atoms with Gasteiger partial charge in [0, 0.05) is 0 Å². The summed E-state index contributed by atoms with van der Waals surface area (Å²) in [4.78, 5) is 0. The molecule has 4 atom stereocenters. The number of ether oxygens (including phenoxy) is 4. The molecule has 4 heteroatoms. The Morgan fingerprint density at radius 3 is 2.63 bits per heavy atom. The monoisotopic (exact) mass is 264 g/mol. The van der Waals surface area contributed by atoms with Crippen molar-refractivity contribution in [3.8, 4) is 0 Å². The van der Waals surface area contributed by atoms with Gasteiger partial charge in [0.05, 0.1) is 12.7 Å². The van der Waals surface area contributed by atoms with Gasteiger partial charge in [-0.3, -0.25) is 0 Å². The topological polar surface area (TPSA) is 36.9 Å². The highest BCUT2D eigenvalue weighted by Crippen LogP contribution is 2.38. The van der Waals surface area contributed by atoms with Gasteiger partial charge in [-0.25, -0.2) is 0 Å². The lowest BCUT2D eigenvalue weighted by Crippen LogP contribution is -2.35. The molecular weight excluding hydrogens is 244 g/mol. The first-order valence-electron chi connectivity index (χ1n) is 6.72. The minimum Gasteiger partial charge on any atom is -0.368 e. The fourth-order valence-electron chi connectivity index (χ4n) is 2.64. The van der Waals surface area contributed by atoms with Gasteiger partial charge in [-0.2, -0.15) is 0 Å². The zero-order valence-electron chi connectivity index (χ0n) is 11.5. The Balaban J connectivity index is 1.64. The maximum absolute atomic E-state index is 5.98. The molecule has 0 radical (unpaired) electrons. The number of fused-ring (bicyclic) bond motifs is 1. The van der Waals surface area contributed by atoms with Crippen molar-refractivity contribution < 1.29 is 18.9 Å². The van der Waals surface area contributed by atoms with Gasteiger partial charge < -0.3 is 18.9 Å². The predicted molar refractivity (Wildman–Crippen MR) is 69.4 cm³/mol. The lowest BCUT2D eigenvalue weighted by molar-refractivity contribution is -0.216. The van der Waals surface area contributed by atoms with E-state index in [-0.39, 0.29) is 24.6 Å². The second-order valence-corrected chi connectivity index (χ2v) is 5.57. The van der Waals surface area contributed by atoms with Crippen LogP contribution in [-0.4, -0.2) is 30.4 Å². The van der Waals surface area contributed by atoms with Crippen molar-refractivity contribution >= 4 is 0 Å². The van der Waals surface area contributed by atoms with Gasteiger partial charge in [-0.1, -0.05) is 30.3 Å². The second kappa shape index (κ2) is 4.87. The quantitative estimate of drug-likeness (QED) is 0.840. The van der Waals surface area contributed by atoms with Gasteiger partial charge in [-0.15, -0.1) is 0 Å². The molecule has 2 heterocycles. The molecule has 0 saturated carbocycles. The van der Waals surface area contributed by atoms with E-state index in [1.165, 1.54) is 0 Å². The van der Waals surface area contributed by atoms with E-state index < -0.39 is 5.79 Å². The average Bonchev–Trinajstić information content (AvgIpc) is 2.79. The predicted octanol–water partition coefficient (Wildman–Crippen LogP) is 2.47. The molecule has 2 aliphatic rings. The summed E-state index contributed by atoms with van der Waals surface area (Å²) in [5.41, 5.74) is 1.15. The molecule has 4 nitrogen and oxygen atoms in total. The number of hydrogen-bond donors (Lipinski definition) is 0. The Morgan fingerprint density at radius 2 is 1.89 bits per heavy atom. The summed E-state index contributed by atoms with van der Waals surface area (Å²) in [6.07, 6.45) is -0.568. The largest absolute Gasteiger partial charge is 0.368 e. The summed E-state index contributed by atoms with van der Waals surface area (Å²) in [5, 5.41) is 0. The molecule has 3 rings (SSSR count). The fourth-order valence-corrected chi connectivity index (χ4v) is 2.64. The van der Waals surface area contributed by atoms with E-state index >= 15 is 0 Å². The molecule has 0 N–H and O–H groups in total. The molecule has 0 bridgehead atoms. The first-order valence-corrected chi connectivity index (χ1v) is 6.72. The molecule has 0 spiro atoms. The van der Waals surface area contributed by atoms with Crippen LogP contribution in [0.4, 0.5) is 0 Å². The fraction of sp³-hybridized carbons (Fsp3) is 0.600. The summed E-state index contributed by atoms with van der Waals surface area (Å²) in [6.45, 7) is 6.35. The zero-order chi connectivity index (χ0) is 13.5. The van der Waals surface area contributed by atoms with E-state index in [0.29, 0.717) is 6.61 Å². The van der Waals surface area contributed by atoms with Gasteiger partial charge >= 0.3 is 0 Å². The molecule has 0 unspecified atom stereocenters. The van der Waals surface area contributed by atoms with E-state index in [0.717, 1.165) is 5.56 Å². The maximum Gasteiger partial charge on any atom is 0.190 e. The Labute approximate surface area is 113 Å². The van der Waals surface area contributed by atoms with Crippen molar-refractivity contribution in [2.24, 2.45) is 0 Å². The summed E-state index contributed by atoms with van der Waals surface area (Å²) in [6, 6.07) is 10.1. The minimum atomic E-state index is -0.593. The van der Waals surface area contributed by atoms with Crippen molar-refractivity contribution in [2.45, 2.75) is 57.8 Å². The molecule has 104 valence electrons. The maximum atomic E-state index is 5.98. The van der Waals surface area contributed by atoms with Crippen LogP contribution in [0.2, 0.25) is 0 Å². The third-order valence-corrected chi connectivity index (χ3v) is 3.51. The minimum absolute atomic E-state index is 0.0187. The third-order valence-electron chi connectivity index (χ3n) is 3.51. The summed E-state index contributed by atoms with van der Waals surface area (Å²) >= 11 is 0. The van der Waals surface area contributed by atoms with Crippen LogP contribution in [0.5, 0.6) is 0 Å². The SMILES string of the molecule is C[C@H]1O[C@@H]2OC(C)(C)O[C@@H]2[C@H]1OCc1ccccc1. The lowest BCUT2D eigenvalue weighted by atomic mass is 10.1. The van der Waals surface area contributed by atoms with Crippen LogP contribution in [0.1, 0.15) is 26.3 Å². The van der Waals surface area contributed by atoms with E-state index in [1.54, 1.807) is 0 Å². The molecule has 1 aromatic rings. The molecule has 2 fully saturated rings. The third kappa shape index (κ3) is 2.67. The Hall–Kier alpha value is -0.940. The van der Waals surface area contributed by atoms with Crippen molar-refractivity contribution in [1.29, 1.82) is 0 Å². The number of rotatable bonds is 3. The van der Waals surface area contributed by atoms with Crippen LogP contribution in [0.15, 0.2) is 30.3 Å². The van der Waals surface area contributed by atoms with Crippen LogP contribution in [-0.2, 0) is 25.6 Å². The van der Waals surface area contributed by atoms with Crippen molar-refractivity contribution in [3.05, 3.63) is 35.9 Å². The first-order chi connectivity index (χ1) is 9.05. The summed E-state index contributed by atoms with van der Waals surface area (Å²) < 4.78 is 23.3. The molecule has 2 aliphatic heterocycles. The molecule has 19 heavy (non-hydrogen) atoms. The zero-order valence-corrected chi connectivity index (χ0v) is 11.5. The van der Waals surface area contributed by atoms with Crippen LogP contribution in [0, 0.1) is 0 Å². The van der Waals surface area contributed by atoms with Gasteiger partial charge in [-0.05, 0) is 26.3 Å². The van der Waals surface area contributed by atoms with Crippen molar-refractivity contribution in [2.75, 3.05) is 0 Å². The molecular formula is C15H20O4. The van der Waals surface area contributed by atoms with E-state index in [1.807, 2.05) is 51.1 Å². The lowest BCUT2D eigenvalue weighted by Gasteiger charge is -2.24. The summed E-state index contributed by atoms with van der Waals surface area (Å²) in [5.74, 6) is -0.593. The van der Waals surface area contributed by atoms with Crippen molar-refractivity contribution in [3.63, 3.8) is 0 Å². The Kier molecular flexibility index (Phi) is 3.35. The Morgan fingerprint density at radius 1 is 1.16 bits per heavy atom. The molecule has 1 aromatic carbocycles. The van der Waals surface area contributed by atoms with Crippen LogP contribution >= 0.6 is 0 Å². The van der Waals surface area contributed by atoms with Gasteiger partial charge in [0.15, 0.2) is 12.1 Å². The van der Waals surface area contributed by atoms with Gasteiger partial charge in [0.1, 0.15) is 12.2 Å².